The van der Waals surface area contributed by atoms with Crippen molar-refractivity contribution >= 4 is 5.78 Å². The Bertz CT molecular complexity index is 503. The fraction of sp³-hybridized carbons (Fsp3) is 0.588. The number of hydrogen-bond donors (Lipinski definition) is 0. The molecule has 2 aliphatic rings. The number of hydrogen-bond acceptors (Lipinski definition) is 3. The average Bonchev–Trinajstić information content (AvgIpc) is 3.10. The summed E-state index contributed by atoms with van der Waals surface area (Å²) in [4.78, 5) is 11.4. The number of Topliss-reactive ketones (excluding diaryl/α,β-unsaturated/α-hetero) is 1. The fourth-order valence-corrected chi connectivity index (χ4v) is 3.21. The maximum absolute atomic E-state index is 11.4. The van der Waals surface area contributed by atoms with Gasteiger partial charge < -0.3 is 9.47 Å². The first kappa shape index (κ1) is 13.5. The average molecular weight is 274 g/mol. The molecule has 2 atom stereocenters. The molecule has 20 heavy (non-hydrogen) atoms. The zero-order chi connectivity index (χ0) is 14.1. The van der Waals surface area contributed by atoms with E-state index in [4.69, 9.17) is 9.47 Å². The summed E-state index contributed by atoms with van der Waals surface area (Å²) < 4.78 is 11.5. The predicted molar refractivity (Wildman–Crippen MR) is 77.4 cm³/mol. The van der Waals surface area contributed by atoms with E-state index < -0.39 is 0 Å². The second-order valence-electron chi connectivity index (χ2n) is 5.99. The first-order valence-corrected chi connectivity index (χ1v) is 7.54. The molecular formula is C17H22O3. The van der Waals surface area contributed by atoms with E-state index in [1.807, 2.05) is 6.07 Å². The highest BCUT2D eigenvalue weighted by atomic mass is 16.5. The Morgan fingerprint density at radius 2 is 1.95 bits per heavy atom. The van der Waals surface area contributed by atoms with Crippen molar-refractivity contribution in [3.05, 3.63) is 23.8 Å². The number of carbonyl (C=O) groups excluding carboxylic acids is 1. The summed E-state index contributed by atoms with van der Waals surface area (Å²) in [6.45, 7) is 1.68. The van der Waals surface area contributed by atoms with E-state index >= 15 is 0 Å². The SMILES string of the molecule is COc1ccc(C2CC2C(C)=O)cc1OC1CCCC1. The maximum atomic E-state index is 11.4. The van der Waals surface area contributed by atoms with E-state index in [0.29, 0.717) is 17.8 Å². The Hall–Kier alpha value is -1.51. The van der Waals surface area contributed by atoms with Crippen LogP contribution in [0.2, 0.25) is 0 Å². The van der Waals surface area contributed by atoms with Gasteiger partial charge in [0.25, 0.3) is 0 Å². The van der Waals surface area contributed by atoms with Gasteiger partial charge in [-0.05, 0) is 62.6 Å². The van der Waals surface area contributed by atoms with Crippen LogP contribution in [0.5, 0.6) is 11.5 Å². The number of rotatable bonds is 5. The van der Waals surface area contributed by atoms with Crippen molar-refractivity contribution in [3.8, 4) is 11.5 Å². The van der Waals surface area contributed by atoms with Crippen molar-refractivity contribution in [2.45, 2.75) is 51.0 Å². The topological polar surface area (TPSA) is 35.5 Å². The van der Waals surface area contributed by atoms with E-state index in [1.54, 1.807) is 14.0 Å². The lowest BCUT2D eigenvalue weighted by Gasteiger charge is -2.17. The standard InChI is InChI=1S/C17H22O3/c1-11(18)14-10-15(14)12-7-8-16(19-2)17(9-12)20-13-5-3-4-6-13/h7-9,13-15H,3-6,10H2,1-2H3. The van der Waals surface area contributed by atoms with Crippen molar-refractivity contribution in [1.82, 2.24) is 0 Å². The molecule has 0 spiro atoms. The van der Waals surface area contributed by atoms with E-state index in [9.17, 15) is 4.79 Å². The van der Waals surface area contributed by atoms with Gasteiger partial charge in [-0.15, -0.1) is 0 Å². The summed E-state index contributed by atoms with van der Waals surface area (Å²) in [5.74, 6) is 2.52. The summed E-state index contributed by atoms with van der Waals surface area (Å²) in [5, 5.41) is 0. The summed E-state index contributed by atoms with van der Waals surface area (Å²) in [5.41, 5.74) is 1.21. The van der Waals surface area contributed by atoms with Crippen LogP contribution in [-0.2, 0) is 4.79 Å². The lowest BCUT2D eigenvalue weighted by molar-refractivity contribution is -0.118. The molecular weight excluding hydrogens is 252 g/mol. The molecule has 1 aromatic rings. The highest BCUT2D eigenvalue weighted by Gasteiger charge is 2.42. The molecule has 0 bridgehead atoms. The molecule has 0 heterocycles. The first-order chi connectivity index (χ1) is 9.69. The van der Waals surface area contributed by atoms with Crippen LogP contribution in [0.15, 0.2) is 18.2 Å². The summed E-state index contributed by atoms with van der Waals surface area (Å²) in [6.07, 6.45) is 6.07. The monoisotopic (exact) mass is 274 g/mol. The number of ether oxygens (including phenoxy) is 2. The van der Waals surface area contributed by atoms with E-state index in [2.05, 4.69) is 12.1 Å². The molecule has 2 aliphatic carbocycles. The lowest BCUT2D eigenvalue weighted by Crippen LogP contribution is -2.11. The maximum Gasteiger partial charge on any atom is 0.161 e. The molecule has 0 aliphatic heterocycles. The first-order valence-electron chi connectivity index (χ1n) is 7.54. The van der Waals surface area contributed by atoms with Gasteiger partial charge in [0.05, 0.1) is 13.2 Å². The van der Waals surface area contributed by atoms with Gasteiger partial charge in [-0.3, -0.25) is 4.79 Å². The Labute approximate surface area is 120 Å². The third-order valence-corrected chi connectivity index (χ3v) is 4.52. The van der Waals surface area contributed by atoms with Gasteiger partial charge in [-0.25, -0.2) is 0 Å². The number of carbonyl (C=O) groups is 1. The zero-order valence-electron chi connectivity index (χ0n) is 12.2. The predicted octanol–water partition coefficient (Wildman–Crippen LogP) is 3.71. The Balaban J connectivity index is 1.78. The molecule has 0 radical (unpaired) electrons. The Morgan fingerprint density at radius 1 is 1.20 bits per heavy atom. The summed E-state index contributed by atoms with van der Waals surface area (Å²) in [6, 6.07) is 6.11. The minimum Gasteiger partial charge on any atom is -0.493 e. The third-order valence-electron chi connectivity index (χ3n) is 4.52. The Morgan fingerprint density at radius 3 is 2.55 bits per heavy atom. The normalized spacial score (nSPS) is 25.5. The molecule has 2 saturated carbocycles. The third kappa shape index (κ3) is 2.67. The van der Waals surface area contributed by atoms with Gasteiger partial charge >= 0.3 is 0 Å². The van der Waals surface area contributed by atoms with Crippen molar-refractivity contribution < 1.29 is 14.3 Å². The molecule has 0 amide bonds. The molecule has 3 nitrogen and oxygen atoms in total. The van der Waals surface area contributed by atoms with E-state index in [1.165, 1.54) is 18.4 Å². The highest BCUT2D eigenvalue weighted by Crippen LogP contribution is 2.49. The van der Waals surface area contributed by atoms with Gasteiger partial charge in [0.1, 0.15) is 5.78 Å². The molecule has 1 aromatic carbocycles. The zero-order valence-corrected chi connectivity index (χ0v) is 12.2. The molecule has 2 fully saturated rings. The van der Waals surface area contributed by atoms with Crippen LogP contribution in [0.25, 0.3) is 0 Å². The van der Waals surface area contributed by atoms with Gasteiger partial charge in [-0.1, -0.05) is 6.07 Å². The van der Waals surface area contributed by atoms with Crippen LogP contribution in [0, 0.1) is 5.92 Å². The van der Waals surface area contributed by atoms with Crippen LogP contribution in [0.1, 0.15) is 50.5 Å². The molecule has 0 aromatic heterocycles. The molecule has 2 unspecified atom stereocenters. The minimum absolute atomic E-state index is 0.211. The number of ketones is 1. The van der Waals surface area contributed by atoms with Crippen LogP contribution >= 0.6 is 0 Å². The Kier molecular flexibility index (Phi) is 3.68. The largest absolute Gasteiger partial charge is 0.493 e. The second-order valence-corrected chi connectivity index (χ2v) is 5.99. The fourth-order valence-electron chi connectivity index (χ4n) is 3.21. The lowest BCUT2D eigenvalue weighted by atomic mass is 10.1. The van der Waals surface area contributed by atoms with Gasteiger partial charge in [0.2, 0.25) is 0 Å². The van der Waals surface area contributed by atoms with Crippen LogP contribution in [0.3, 0.4) is 0 Å². The summed E-state index contributed by atoms with van der Waals surface area (Å²) >= 11 is 0. The van der Waals surface area contributed by atoms with Gasteiger partial charge in [-0.2, -0.15) is 0 Å². The van der Waals surface area contributed by atoms with Gasteiger partial charge in [0, 0.05) is 5.92 Å². The van der Waals surface area contributed by atoms with E-state index in [-0.39, 0.29) is 5.92 Å². The summed E-state index contributed by atoms with van der Waals surface area (Å²) in [7, 11) is 1.67. The quantitative estimate of drug-likeness (QED) is 0.821. The molecule has 3 heteroatoms. The smallest absolute Gasteiger partial charge is 0.161 e. The highest BCUT2D eigenvalue weighted by molar-refractivity contribution is 5.82. The molecule has 108 valence electrons. The molecule has 3 rings (SSSR count). The minimum atomic E-state index is 0.211. The van der Waals surface area contributed by atoms with Crippen LogP contribution in [0.4, 0.5) is 0 Å². The molecule has 0 N–H and O–H groups in total. The number of benzene rings is 1. The molecule has 0 saturated heterocycles. The van der Waals surface area contributed by atoms with Gasteiger partial charge in [0.15, 0.2) is 11.5 Å². The van der Waals surface area contributed by atoms with Crippen LogP contribution in [-0.4, -0.2) is 19.0 Å². The van der Waals surface area contributed by atoms with Crippen molar-refractivity contribution in [1.29, 1.82) is 0 Å². The second kappa shape index (κ2) is 5.47. The van der Waals surface area contributed by atoms with Crippen molar-refractivity contribution in [2.24, 2.45) is 5.92 Å². The van der Waals surface area contributed by atoms with Crippen molar-refractivity contribution in [2.75, 3.05) is 7.11 Å². The van der Waals surface area contributed by atoms with Crippen molar-refractivity contribution in [3.63, 3.8) is 0 Å². The van der Waals surface area contributed by atoms with Crippen LogP contribution < -0.4 is 9.47 Å². The van der Waals surface area contributed by atoms with E-state index in [0.717, 1.165) is 30.8 Å². The number of methoxy groups -OCH3 is 1.